The molecule has 1 aromatic carbocycles. The highest BCUT2D eigenvalue weighted by atomic mass is 79.9. The number of nitrogens with zero attached hydrogens (tertiary/aromatic N) is 2. The Kier molecular flexibility index (Phi) is 5.50. The van der Waals surface area contributed by atoms with Crippen LogP contribution in [0.3, 0.4) is 0 Å². The molecule has 0 saturated heterocycles. The first-order chi connectivity index (χ1) is 10.1. The molecule has 1 N–H and O–H groups in total. The number of methoxy groups -OCH3 is 1. The van der Waals surface area contributed by atoms with Crippen molar-refractivity contribution in [1.29, 1.82) is 0 Å². The van der Waals surface area contributed by atoms with Crippen LogP contribution in [0.2, 0.25) is 10.0 Å². The van der Waals surface area contributed by atoms with E-state index in [0.29, 0.717) is 38.4 Å². The van der Waals surface area contributed by atoms with Crippen molar-refractivity contribution in [3.05, 3.63) is 33.0 Å². The minimum absolute atomic E-state index is 0.253. The van der Waals surface area contributed by atoms with Gasteiger partial charge < -0.3 is 14.8 Å². The summed E-state index contributed by atoms with van der Waals surface area (Å²) < 4.78 is 11.7. The van der Waals surface area contributed by atoms with Gasteiger partial charge in [-0.25, -0.2) is 4.98 Å². The molecule has 0 saturated carbocycles. The molecule has 0 aliphatic carbocycles. The Balaban J connectivity index is 2.40. The SMILES string of the molecule is CCNc1ncnc(Oc2cc(Cl)c(Br)cc2Cl)c1OC. The summed E-state index contributed by atoms with van der Waals surface area (Å²) in [5.74, 6) is 1.58. The van der Waals surface area contributed by atoms with E-state index in [4.69, 9.17) is 32.7 Å². The summed E-state index contributed by atoms with van der Waals surface area (Å²) in [4.78, 5) is 8.17. The van der Waals surface area contributed by atoms with Crippen LogP contribution in [0.15, 0.2) is 22.9 Å². The van der Waals surface area contributed by atoms with Gasteiger partial charge in [0.05, 0.1) is 17.2 Å². The molecule has 0 aliphatic heterocycles. The van der Waals surface area contributed by atoms with Crippen molar-refractivity contribution >= 4 is 44.9 Å². The maximum atomic E-state index is 6.13. The Labute approximate surface area is 140 Å². The van der Waals surface area contributed by atoms with Gasteiger partial charge in [0.15, 0.2) is 5.82 Å². The number of rotatable bonds is 5. The third-order valence-electron chi connectivity index (χ3n) is 2.50. The maximum Gasteiger partial charge on any atom is 0.268 e. The van der Waals surface area contributed by atoms with Gasteiger partial charge in [-0.2, -0.15) is 4.98 Å². The van der Waals surface area contributed by atoms with Gasteiger partial charge >= 0.3 is 0 Å². The molecule has 0 aliphatic rings. The van der Waals surface area contributed by atoms with Crippen LogP contribution in [-0.4, -0.2) is 23.6 Å². The van der Waals surface area contributed by atoms with E-state index in [-0.39, 0.29) is 5.88 Å². The second-order valence-electron chi connectivity index (χ2n) is 3.89. The van der Waals surface area contributed by atoms with Crippen molar-refractivity contribution in [2.75, 3.05) is 19.0 Å². The molecule has 0 atom stereocenters. The summed E-state index contributed by atoms with van der Waals surface area (Å²) in [5, 5.41) is 3.95. The van der Waals surface area contributed by atoms with Gasteiger partial charge in [-0.3, -0.25) is 0 Å². The van der Waals surface area contributed by atoms with E-state index in [2.05, 4.69) is 31.2 Å². The predicted molar refractivity (Wildman–Crippen MR) is 87.0 cm³/mol. The zero-order chi connectivity index (χ0) is 15.4. The average Bonchev–Trinajstić information content (AvgIpc) is 2.45. The molecule has 112 valence electrons. The smallest absolute Gasteiger partial charge is 0.268 e. The molecular formula is C13H12BrCl2N3O2. The maximum absolute atomic E-state index is 6.13. The van der Waals surface area contributed by atoms with E-state index < -0.39 is 0 Å². The molecule has 0 unspecified atom stereocenters. The van der Waals surface area contributed by atoms with Crippen LogP contribution >= 0.6 is 39.1 Å². The van der Waals surface area contributed by atoms with E-state index in [1.165, 1.54) is 13.4 Å². The van der Waals surface area contributed by atoms with Crippen molar-refractivity contribution in [3.63, 3.8) is 0 Å². The van der Waals surface area contributed by atoms with E-state index in [0.717, 1.165) is 0 Å². The molecule has 0 spiro atoms. The Bertz CT molecular complexity index is 656. The summed E-state index contributed by atoms with van der Waals surface area (Å²) in [6, 6.07) is 3.25. The van der Waals surface area contributed by atoms with Crippen molar-refractivity contribution in [1.82, 2.24) is 9.97 Å². The molecule has 1 heterocycles. The van der Waals surface area contributed by atoms with E-state index in [9.17, 15) is 0 Å². The average molecular weight is 393 g/mol. The molecular weight excluding hydrogens is 381 g/mol. The number of benzene rings is 1. The highest BCUT2D eigenvalue weighted by Crippen LogP contribution is 2.39. The molecule has 5 nitrogen and oxygen atoms in total. The molecule has 0 fully saturated rings. The largest absolute Gasteiger partial charge is 0.489 e. The zero-order valence-electron chi connectivity index (χ0n) is 11.3. The topological polar surface area (TPSA) is 56.3 Å². The van der Waals surface area contributed by atoms with Crippen LogP contribution < -0.4 is 14.8 Å². The standard InChI is InChI=1S/C13H12BrCl2N3O2/c1-3-17-12-11(20-2)13(19-6-18-12)21-10-5-8(15)7(14)4-9(10)16/h4-6H,3H2,1-2H3,(H,17,18,19). The number of nitrogens with one attached hydrogen (secondary N) is 1. The Morgan fingerprint density at radius 2 is 2.00 bits per heavy atom. The van der Waals surface area contributed by atoms with E-state index in [1.807, 2.05) is 6.92 Å². The number of anilines is 1. The van der Waals surface area contributed by atoms with Crippen LogP contribution in [0.25, 0.3) is 0 Å². The quantitative estimate of drug-likeness (QED) is 0.742. The second kappa shape index (κ2) is 7.15. The van der Waals surface area contributed by atoms with Gasteiger partial charge in [0.2, 0.25) is 5.75 Å². The Morgan fingerprint density at radius 3 is 2.67 bits per heavy atom. The summed E-state index contributed by atoms with van der Waals surface area (Å²) in [6.07, 6.45) is 1.38. The van der Waals surface area contributed by atoms with Crippen LogP contribution in [-0.2, 0) is 0 Å². The molecule has 0 radical (unpaired) electrons. The molecule has 1 aromatic heterocycles. The van der Waals surface area contributed by atoms with Crippen molar-refractivity contribution < 1.29 is 9.47 Å². The highest BCUT2D eigenvalue weighted by Gasteiger charge is 2.16. The minimum Gasteiger partial charge on any atom is -0.489 e. The monoisotopic (exact) mass is 391 g/mol. The lowest BCUT2D eigenvalue weighted by molar-refractivity contribution is 0.369. The number of hydrogen-bond donors (Lipinski definition) is 1. The molecule has 0 amide bonds. The lowest BCUT2D eigenvalue weighted by Crippen LogP contribution is -2.04. The van der Waals surface area contributed by atoms with Gasteiger partial charge in [-0.05, 0) is 28.9 Å². The number of aromatic nitrogens is 2. The van der Waals surface area contributed by atoms with Crippen LogP contribution in [0.5, 0.6) is 17.4 Å². The van der Waals surface area contributed by atoms with Gasteiger partial charge in [-0.15, -0.1) is 0 Å². The lowest BCUT2D eigenvalue weighted by Gasteiger charge is -2.13. The molecule has 8 heteroatoms. The Hall–Kier alpha value is -1.24. The van der Waals surface area contributed by atoms with Gasteiger partial charge in [0.1, 0.15) is 12.1 Å². The third-order valence-corrected chi connectivity index (χ3v) is 3.99. The summed E-state index contributed by atoms with van der Waals surface area (Å²) >= 11 is 15.5. The normalized spacial score (nSPS) is 10.3. The molecule has 0 bridgehead atoms. The van der Waals surface area contributed by atoms with Crippen LogP contribution in [0, 0.1) is 0 Å². The number of hydrogen-bond acceptors (Lipinski definition) is 5. The zero-order valence-corrected chi connectivity index (χ0v) is 14.4. The predicted octanol–water partition coefficient (Wildman–Crippen LogP) is 4.78. The lowest BCUT2D eigenvalue weighted by atomic mass is 10.3. The first-order valence-corrected chi connectivity index (χ1v) is 7.57. The summed E-state index contributed by atoms with van der Waals surface area (Å²) in [6.45, 7) is 2.64. The fourth-order valence-corrected chi connectivity index (χ4v) is 2.43. The fraction of sp³-hybridized carbons (Fsp3) is 0.231. The van der Waals surface area contributed by atoms with Crippen molar-refractivity contribution in [2.24, 2.45) is 0 Å². The first-order valence-electron chi connectivity index (χ1n) is 6.02. The van der Waals surface area contributed by atoms with Crippen LogP contribution in [0.4, 0.5) is 5.82 Å². The molecule has 2 rings (SSSR count). The summed E-state index contributed by atoms with van der Waals surface area (Å²) in [7, 11) is 1.52. The van der Waals surface area contributed by atoms with Crippen molar-refractivity contribution in [2.45, 2.75) is 6.92 Å². The number of halogens is 3. The third kappa shape index (κ3) is 3.70. The van der Waals surface area contributed by atoms with E-state index in [1.54, 1.807) is 12.1 Å². The minimum atomic E-state index is 0.253. The van der Waals surface area contributed by atoms with Gasteiger partial charge in [0, 0.05) is 17.1 Å². The Morgan fingerprint density at radius 1 is 1.24 bits per heavy atom. The van der Waals surface area contributed by atoms with Gasteiger partial charge in [0.25, 0.3) is 5.88 Å². The van der Waals surface area contributed by atoms with Crippen LogP contribution in [0.1, 0.15) is 6.92 Å². The summed E-state index contributed by atoms with van der Waals surface area (Å²) in [5.41, 5.74) is 0. The molecule has 2 aromatic rings. The van der Waals surface area contributed by atoms with E-state index >= 15 is 0 Å². The highest BCUT2D eigenvalue weighted by molar-refractivity contribution is 9.10. The fourth-order valence-electron chi connectivity index (χ4n) is 1.59. The second-order valence-corrected chi connectivity index (χ2v) is 5.56. The number of ether oxygens (including phenoxy) is 2. The van der Waals surface area contributed by atoms with Crippen molar-refractivity contribution in [3.8, 4) is 17.4 Å². The molecule has 21 heavy (non-hydrogen) atoms. The van der Waals surface area contributed by atoms with Gasteiger partial charge in [-0.1, -0.05) is 23.2 Å². The first kappa shape index (κ1) is 16.1.